The smallest absolute Gasteiger partial charge is 0.317 e. The van der Waals surface area contributed by atoms with E-state index in [1.165, 1.54) is 12.1 Å². The van der Waals surface area contributed by atoms with Crippen LogP contribution in [0.1, 0.15) is 62.7 Å². The lowest BCUT2D eigenvalue weighted by molar-refractivity contribution is -0.152. The molecule has 0 unspecified atom stereocenters. The van der Waals surface area contributed by atoms with Gasteiger partial charge in [-0.05, 0) is 30.5 Å². The van der Waals surface area contributed by atoms with Crippen molar-refractivity contribution in [2.45, 2.75) is 57.5 Å². The maximum Gasteiger partial charge on any atom is 0.317 e. The summed E-state index contributed by atoms with van der Waals surface area (Å²) >= 11 is 0. The van der Waals surface area contributed by atoms with Crippen molar-refractivity contribution >= 4 is 5.97 Å². The Balaban J connectivity index is 1.75. The lowest BCUT2D eigenvalue weighted by atomic mass is 9.79. The predicted octanol–water partition coefficient (Wildman–Crippen LogP) is 3.89. The molecule has 0 aliphatic heterocycles. The van der Waals surface area contributed by atoms with Gasteiger partial charge in [0.05, 0.1) is 5.41 Å². The third-order valence-electron chi connectivity index (χ3n) is 4.55. The number of nitrogens with zero attached hydrogens (tertiary/aromatic N) is 2. The molecule has 0 radical (unpaired) electrons. The molecule has 0 N–H and O–H groups in total. The van der Waals surface area contributed by atoms with Crippen LogP contribution in [0.25, 0.3) is 0 Å². The average Bonchev–Trinajstić information content (AvgIpc) is 3.23. The van der Waals surface area contributed by atoms with Crippen molar-refractivity contribution in [3.63, 3.8) is 0 Å². The van der Waals surface area contributed by atoms with Gasteiger partial charge in [-0.3, -0.25) is 4.79 Å². The van der Waals surface area contributed by atoms with Crippen LogP contribution in [0.4, 0.5) is 4.39 Å². The molecule has 1 aromatic heterocycles. The molecule has 1 aromatic carbocycles. The Morgan fingerprint density at radius 2 is 2.12 bits per heavy atom. The number of halogens is 1. The van der Waals surface area contributed by atoms with Gasteiger partial charge < -0.3 is 9.26 Å². The van der Waals surface area contributed by atoms with Crippen molar-refractivity contribution in [1.29, 1.82) is 0 Å². The fourth-order valence-corrected chi connectivity index (χ4v) is 3.20. The van der Waals surface area contributed by atoms with Crippen LogP contribution in [0.15, 0.2) is 28.8 Å². The van der Waals surface area contributed by atoms with Gasteiger partial charge in [0.1, 0.15) is 5.82 Å². The summed E-state index contributed by atoms with van der Waals surface area (Å²) in [7, 11) is 0. The lowest BCUT2D eigenvalue weighted by Gasteiger charge is -2.26. The fourth-order valence-electron chi connectivity index (χ4n) is 3.20. The molecule has 2 aromatic rings. The number of carbonyl (C=O) groups excluding carboxylic acids is 1. The van der Waals surface area contributed by atoms with E-state index in [4.69, 9.17) is 9.26 Å². The van der Waals surface area contributed by atoms with E-state index in [9.17, 15) is 9.18 Å². The van der Waals surface area contributed by atoms with E-state index < -0.39 is 5.41 Å². The molecule has 0 saturated heterocycles. The van der Waals surface area contributed by atoms with Gasteiger partial charge in [-0.15, -0.1) is 0 Å². The van der Waals surface area contributed by atoms with Crippen LogP contribution in [0.2, 0.25) is 0 Å². The largest absolute Gasteiger partial charge is 0.455 e. The van der Waals surface area contributed by atoms with Gasteiger partial charge in [0, 0.05) is 5.92 Å². The summed E-state index contributed by atoms with van der Waals surface area (Å²) in [6.07, 6.45) is 3.17. The summed E-state index contributed by atoms with van der Waals surface area (Å²) in [6.45, 7) is 3.85. The quantitative estimate of drug-likeness (QED) is 0.777. The van der Waals surface area contributed by atoms with E-state index in [1.807, 2.05) is 13.8 Å². The molecule has 128 valence electrons. The topological polar surface area (TPSA) is 65.2 Å². The second-order valence-corrected chi connectivity index (χ2v) is 6.58. The van der Waals surface area contributed by atoms with Crippen LogP contribution < -0.4 is 0 Å². The van der Waals surface area contributed by atoms with E-state index in [0.29, 0.717) is 24.2 Å². The minimum absolute atomic E-state index is 0.0599. The number of carbonyl (C=O) groups is 1. The maximum absolute atomic E-state index is 13.6. The third kappa shape index (κ3) is 3.18. The van der Waals surface area contributed by atoms with Crippen LogP contribution in [-0.2, 0) is 21.6 Å². The van der Waals surface area contributed by atoms with E-state index in [-0.39, 0.29) is 30.2 Å². The monoisotopic (exact) mass is 332 g/mol. The average molecular weight is 332 g/mol. The minimum Gasteiger partial charge on any atom is -0.455 e. The molecule has 6 heteroatoms. The molecule has 0 amide bonds. The van der Waals surface area contributed by atoms with Gasteiger partial charge in [0.15, 0.2) is 12.4 Å². The molecule has 1 saturated carbocycles. The predicted molar refractivity (Wildman–Crippen MR) is 84.7 cm³/mol. The first kappa shape index (κ1) is 16.6. The summed E-state index contributed by atoms with van der Waals surface area (Å²) in [5.74, 6) is 0.313. The summed E-state index contributed by atoms with van der Waals surface area (Å²) in [5.41, 5.74) is -0.0957. The molecule has 1 heterocycles. The third-order valence-corrected chi connectivity index (χ3v) is 4.55. The van der Waals surface area contributed by atoms with Crippen LogP contribution in [0, 0.1) is 5.82 Å². The van der Waals surface area contributed by atoms with Crippen LogP contribution in [0.3, 0.4) is 0 Å². The number of hydrogen-bond donors (Lipinski definition) is 0. The SMILES string of the molecule is CC(C)c1noc(COC(=O)C2(c3cccc(F)c3)CCCC2)n1. The van der Waals surface area contributed by atoms with E-state index in [2.05, 4.69) is 10.1 Å². The van der Waals surface area contributed by atoms with Crippen LogP contribution in [0.5, 0.6) is 0 Å². The zero-order valence-electron chi connectivity index (χ0n) is 13.9. The molecule has 5 nitrogen and oxygen atoms in total. The second kappa shape index (κ2) is 6.71. The normalized spacial score (nSPS) is 16.5. The summed E-state index contributed by atoms with van der Waals surface area (Å²) in [6, 6.07) is 6.23. The van der Waals surface area contributed by atoms with Crippen LogP contribution in [-0.4, -0.2) is 16.1 Å². The van der Waals surface area contributed by atoms with Crippen molar-refractivity contribution in [3.05, 3.63) is 47.4 Å². The summed E-state index contributed by atoms with van der Waals surface area (Å²) in [5, 5.41) is 3.85. The highest BCUT2D eigenvalue weighted by Crippen LogP contribution is 2.42. The summed E-state index contributed by atoms with van der Waals surface area (Å²) in [4.78, 5) is 17.0. The minimum atomic E-state index is -0.775. The first-order valence-electron chi connectivity index (χ1n) is 8.27. The molecule has 24 heavy (non-hydrogen) atoms. The zero-order valence-corrected chi connectivity index (χ0v) is 13.9. The molecule has 1 aliphatic rings. The van der Waals surface area contributed by atoms with Crippen molar-refractivity contribution in [3.8, 4) is 0 Å². The maximum atomic E-state index is 13.6. The lowest BCUT2D eigenvalue weighted by Crippen LogP contribution is -2.34. The van der Waals surface area contributed by atoms with Gasteiger partial charge in [0.2, 0.25) is 0 Å². The fraction of sp³-hybridized carbons (Fsp3) is 0.500. The van der Waals surface area contributed by atoms with Gasteiger partial charge in [-0.2, -0.15) is 4.98 Å². The number of ether oxygens (including phenoxy) is 1. The number of benzene rings is 1. The van der Waals surface area contributed by atoms with Gasteiger partial charge in [0.25, 0.3) is 5.89 Å². The van der Waals surface area contributed by atoms with Crippen molar-refractivity contribution < 1.29 is 18.4 Å². The molecule has 0 spiro atoms. The number of esters is 1. The van der Waals surface area contributed by atoms with Crippen molar-refractivity contribution in [1.82, 2.24) is 10.1 Å². The zero-order chi connectivity index (χ0) is 17.2. The number of hydrogen-bond acceptors (Lipinski definition) is 5. The highest BCUT2D eigenvalue weighted by molar-refractivity contribution is 5.83. The molecule has 3 rings (SSSR count). The van der Waals surface area contributed by atoms with E-state index in [1.54, 1.807) is 12.1 Å². The molecule has 0 bridgehead atoms. The van der Waals surface area contributed by atoms with Gasteiger partial charge in [-0.25, -0.2) is 4.39 Å². The molecule has 0 atom stereocenters. The molecule has 1 fully saturated rings. The highest BCUT2D eigenvalue weighted by Gasteiger charge is 2.44. The standard InChI is InChI=1S/C18H21FN2O3/c1-12(2)16-20-15(24-21-16)11-23-17(22)18(8-3-4-9-18)13-6-5-7-14(19)10-13/h5-7,10,12H,3-4,8-9,11H2,1-2H3. The Morgan fingerprint density at radius 3 is 2.75 bits per heavy atom. The molecule has 1 aliphatic carbocycles. The first-order chi connectivity index (χ1) is 11.5. The first-order valence-corrected chi connectivity index (χ1v) is 8.27. The van der Waals surface area contributed by atoms with Gasteiger partial charge >= 0.3 is 5.97 Å². The van der Waals surface area contributed by atoms with Gasteiger partial charge in [-0.1, -0.05) is 44.0 Å². The second-order valence-electron chi connectivity index (χ2n) is 6.58. The molecular weight excluding hydrogens is 311 g/mol. The Labute approximate surface area is 140 Å². The van der Waals surface area contributed by atoms with E-state index >= 15 is 0 Å². The Bertz CT molecular complexity index is 721. The Hall–Kier alpha value is -2.24. The number of rotatable bonds is 5. The number of aromatic nitrogens is 2. The Morgan fingerprint density at radius 1 is 1.38 bits per heavy atom. The summed E-state index contributed by atoms with van der Waals surface area (Å²) < 4.78 is 24.1. The highest BCUT2D eigenvalue weighted by atomic mass is 19.1. The van der Waals surface area contributed by atoms with Crippen molar-refractivity contribution in [2.24, 2.45) is 0 Å². The van der Waals surface area contributed by atoms with Crippen molar-refractivity contribution in [2.75, 3.05) is 0 Å². The Kier molecular flexibility index (Phi) is 4.64. The molecular formula is C18H21FN2O3. The van der Waals surface area contributed by atoms with E-state index in [0.717, 1.165) is 12.8 Å². The van der Waals surface area contributed by atoms with Crippen LogP contribution >= 0.6 is 0 Å².